The van der Waals surface area contributed by atoms with Gasteiger partial charge in [-0.2, -0.15) is 0 Å². The maximum absolute atomic E-state index is 2.53. The second kappa shape index (κ2) is 4.60. The first-order valence-electron chi connectivity index (χ1n) is 7.40. The molecule has 1 aliphatic rings. The molecule has 0 saturated heterocycles. The second-order valence-corrected chi connectivity index (χ2v) is 15.1. The number of rotatable bonds is 1. The van der Waals surface area contributed by atoms with Crippen LogP contribution in [0.25, 0.3) is 3.88 Å². The van der Waals surface area contributed by atoms with E-state index in [1.54, 1.807) is 20.6 Å². The van der Waals surface area contributed by atoms with E-state index >= 15 is 0 Å². The summed E-state index contributed by atoms with van der Waals surface area (Å²) in [5, 5.41) is 7.60. The first-order chi connectivity index (χ1) is 8.59. The molecule has 0 fully saturated rings. The molecule has 19 heavy (non-hydrogen) atoms. The molecule has 1 atom stereocenters. The summed E-state index contributed by atoms with van der Waals surface area (Å²) in [7, 11) is 0. The van der Waals surface area contributed by atoms with Crippen molar-refractivity contribution in [2.24, 2.45) is 0 Å². The van der Waals surface area contributed by atoms with E-state index in [4.69, 9.17) is 0 Å². The van der Waals surface area contributed by atoms with Crippen LogP contribution in [-0.4, -0.2) is 0 Å². The van der Waals surface area contributed by atoms with E-state index in [0.29, 0.717) is 5.92 Å². The summed E-state index contributed by atoms with van der Waals surface area (Å²) >= 11 is -1.83. The van der Waals surface area contributed by atoms with Crippen molar-refractivity contribution in [1.29, 1.82) is 0 Å². The van der Waals surface area contributed by atoms with Crippen LogP contribution in [0.1, 0.15) is 53.1 Å². The third kappa shape index (κ3) is 2.08. The fourth-order valence-corrected chi connectivity index (χ4v) is 7.66. The third-order valence-corrected chi connectivity index (χ3v) is 8.56. The summed E-state index contributed by atoms with van der Waals surface area (Å²) in [5.74, 6) is 0.618. The van der Waals surface area contributed by atoms with E-state index in [1.165, 1.54) is 22.3 Å². The van der Waals surface area contributed by atoms with Gasteiger partial charge < -0.3 is 0 Å². The predicted octanol–water partition coefficient (Wildman–Crippen LogP) is 6.07. The summed E-state index contributed by atoms with van der Waals surface area (Å²) in [6, 6.07) is 0. The van der Waals surface area contributed by atoms with Crippen molar-refractivity contribution < 1.29 is 16.6 Å². The van der Waals surface area contributed by atoms with Crippen LogP contribution in [-0.2, 0) is 16.6 Å². The first kappa shape index (κ1) is 15.1. The summed E-state index contributed by atoms with van der Waals surface area (Å²) in [4.78, 5) is 0. The Hall–Kier alpha value is -0.326. The first-order valence-corrected chi connectivity index (χ1v) is 12.9. The number of fused-ring (bicyclic) bond motifs is 1. The van der Waals surface area contributed by atoms with E-state index in [2.05, 4.69) is 57.2 Å². The Balaban J connectivity index is 2.90. The van der Waals surface area contributed by atoms with Crippen LogP contribution >= 0.6 is 0 Å². The Kier molecular flexibility index (Phi) is 3.65. The van der Waals surface area contributed by atoms with Crippen molar-refractivity contribution in [3.63, 3.8) is 0 Å². The molecule has 1 aromatic rings. The van der Waals surface area contributed by atoms with Gasteiger partial charge in [0.1, 0.15) is 0 Å². The van der Waals surface area contributed by atoms with Gasteiger partial charge in [-0.25, -0.2) is 0 Å². The van der Waals surface area contributed by atoms with Gasteiger partial charge in [0.2, 0.25) is 0 Å². The average Bonchev–Trinajstić information content (AvgIpc) is 2.57. The zero-order valence-corrected chi connectivity index (χ0v) is 15.6. The van der Waals surface area contributed by atoms with Gasteiger partial charge in [-0.15, -0.1) is 0 Å². The molecule has 0 radical (unpaired) electrons. The van der Waals surface area contributed by atoms with Crippen molar-refractivity contribution in [3.05, 3.63) is 39.0 Å². The van der Waals surface area contributed by atoms with Gasteiger partial charge in [-0.1, -0.05) is 0 Å². The minimum absolute atomic E-state index is 0.618. The van der Waals surface area contributed by atoms with E-state index < -0.39 is 16.6 Å². The number of benzene rings is 1. The van der Waals surface area contributed by atoms with Crippen LogP contribution < -0.4 is 0 Å². The van der Waals surface area contributed by atoms with Gasteiger partial charge in [0.15, 0.2) is 0 Å². The summed E-state index contributed by atoms with van der Waals surface area (Å²) < 4.78 is 1.77. The Morgan fingerprint density at radius 1 is 0.737 bits per heavy atom. The van der Waals surface area contributed by atoms with Crippen molar-refractivity contribution in [1.82, 2.24) is 0 Å². The van der Waals surface area contributed by atoms with Gasteiger partial charge in [0, 0.05) is 0 Å². The van der Waals surface area contributed by atoms with E-state index in [9.17, 15) is 0 Å². The molecule has 0 saturated carbocycles. The molecule has 0 nitrogen and oxygen atoms in total. The monoisotopic (exact) mass is 292 g/mol. The zero-order chi connectivity index (χ0) is 14.7. The topological polar surface area (TPSA) is 0 Å². The van der Waals surface area contributed by atoms with Crippen molar-refractivity contribution in [2.75, 3.05) is 0 Å². The summed E-state index contributed by atoms with van der Waals surface area (Å²) in [5.41, 5.74) is 11.0. The SMILES string of the molecule is CC1=[C]([Ti]([CH3])([CH3])[CH3])c2c(C)c(C)c(C)c(C)c2C1C. The second-order valence-electron chi connectivity index (χ2n) is 7.32. The molecule has 2 rings (SSSR count). The fourth-order valence-electron chi connectivity index (χ4n) is 3.80. The molecule has 0 bridgehead atoms. The van der Waals surface area contributed by atoms with Crippen LogP contribution in [0.15, 0.2) is 5.57 Å². The number of allylic oxidation sites excluding steroid dienone is 1. The van der Waals surface area contributed by atoms with Crippen molar-refractivity contribution in [2.45, 2.75) is 63.1 Å². The maximum atomic E-state index is 2.53. The van der Waals surface area contributed by atoms with Crippen molar-refractivity contribution in [3.8, 4) is 0 Å². The van der Waals surface area contributed by atoms with Crippen LogP contribution in [0.4, 0.5) is 0 Å². The number of hydrogen-bond donors (Lipinski definition) is 0. The molecule has 0 aromatic heterocycles. The Labute approximate surface area is 122 Å². The molecule has 0 spiro atoms. The van der Waals surface area contributed by atoms with Gasteiger partial charge in [-0.3, -0.25) is 0 Å². The summed E-state index contributed by atoms with van der Waals surface area (Å²) in [6.07, 6.45) is 0. The molecule has 1 heteroatoms. The van der Waals surface area contributed by atoms with Crippen LogP contribution in [0.5, 0.6) is 0 Å². The predicted molar refractivity (Wildman–Crippen MR) is 84.0 cm³/mol. The standard InChI is InChI=1S/C15H19.3CH3.Ti/c1-8-7-14-12(5)10(3)11(4)13(6)15(14)9(8)2;;;;/h9H,1-6H3;3*1H3;. The van der Waals surface area contributed by atoms with Gasteiger partial charge in [0.05, 0.1) is 0 Å². The summed E-state index contributed by atoms with van der Waals surface area (Å²) in [6.45, 7) is 14.0. The Bertz CT molecular complexity index is 583. The molecule has 0 heterocycles. The van der Waals surface area contributed by atoms with Gasteiger partial charge >= 0.3 is 123 Å². The van der Waals surface area contributed by atoms with E-state index in [-0.39, 0.29) is 0 Å². The third-order valence-electron chi connectivity index (χ3n) is 5.21. The molecule has 104 valence electrons. The molecular formula is C18H28Ti. The Morgan fingerprint density at radius 3 is 1.68 bits per heavy atom. The number of hydrogen-bond acceptors (Lipinski definition) is 0. The zero-order valence-electron chi connectivity index (χ0n) is 14.1. The van der Waals surface area contributed by atoms with Gasteiger partial charge in [0.25, 0.3) is 0 Å². The normalized spacial score (nSPS) is 19.1. The van der Waals surface area contributed by atoms with Crippen molar-refractivity contribution >= 4 is 3.88 Å². The van der Waals surface area contributed by atoms with Crippen LogP contribution in [0.3, 0.4) is 0 Å². The molecule has 0 aliphatic heterocycles. The molecule has 0 N–H and O–H groups in total. The Morgan fingerprint density at radius 2 is 1.21 bits per heavy atom. The molecule has 1 unspecified atom stereocenters. The fraction of sp³-hybridized carbons (Fsp3) is 0.556. The quantitative estimate of drug-likeness (QED) is 0.551. The van der Waals surface area contributed by atoms with Crippen LogP contribution in [0.2, 0.25) is 15.7 Å². The van der Waals surface area contributed by atoms with E-state index in [1.807, 2.05) is 0 Å². The molecule has 1 aromatic carbocycles. The molecule has 1 aliphatic carbocycles. The van der Waals surface area contributed by atoms with E-state index in [0.717, 1.165) is 0 Å². The molecule has 0 amide bonds. The molecular weight excluding hydrogens is 264 g/mol. The van der Waals surface area contributed by atoms with Gasteiger partial charge in [-0.05, 0) is 0 Å². The average molecular weight is 292 g/mol. The minimum atomic E-state index is -1.83. The van der Waals surface area contributed by atoms with Crippen LogP contribution in [0, 0.1) is 27.7 Å².